The highest BCUT2D eigenvalue weighted by molar-refractivity contribution is 6.15. The Kier molecular flexibility index (Phi) is 3.26. The third-order valence-corrected chi connectivity index (χ3v) is 5.98. The summed E-state index contributed by atoms with van der Waals surface area (Å²) < 4.78 is 0. The molecule has 3 nitrogen and oxygen atoms in total. The summed E-state index contributed by atoms with van der Waals surface area (Å²) in [5.41, 5.74) is 6.11. The normalized spacial score (nSPS) is 20.4. The lowest BCUT2D eigenvalue weighted by Gasteiger charge is -2.38. The zero-order valence-corrected chi connectivity index (χ0v) is 15.4. The Morgan fingerprint density at radius 3 is 2.56 bits per heavy atom. The molecule has 0 fully saturated rings. The van der Waals surface area contributed by atoms with Crippen LogP contribution in [0, 0.1) is 0 Å². The molecule has 0 bridgehead atoms. The second kappa shape index (κ2) is 5.46. The zero-order valence-electron chi connectivity index (χ0n) is 15.4. The van der Waals surface area contributed by atoms with E-state index in [0.29, 0.717) is 12.8 Å². The number of allylic oxidation sites excluding steroid dienone is 2. The molecule has 0 radical (unpaired) electrons. The van der Waals surface area contributed by atoms with E-state index < -0.39 is 5.41 Å². The smallest absolute Gasteiger partial charge is 0.160 e. The Labute approximate surface area is 157 Å². The van der Waals surface area contributed by atoms with Crippen LogP contribution < -0.4 is 0 Å². The predicted molar refractivity (Wildman–Crippen MR) is 106 cm³/mol. The van der Waals surface area contributed by atoms with Crippen molar-refractivity contribution in [2.45, 2.75) is 32.1 Å². The average Bonchev–Trinajstić information content (AvgIpc) is 2.91. The van der Waals surface area contributed by atoms with E-state index in [-0.39, 0.29) is 11.6 Å². The van der Waals surface area contributed by atoms with Gasteiger partial charge in [0.25, 0.3) is 0 Å². The number of carbonyl (C=O) groups excluding carboxylic acids is 2. The molecule has 0 saturated carbocycles. The Bertz CT molecular complexity index is 1190. The number of hydrogen-bond acceptors (Lipinski definition) is 3. The van der Waals surface area contributed by atoms with Gasteiger partial charge in [0, 0.05) is 29.2 Å². The summed E-state index contributed by atoms with van der Waals surface area (Å²) in [6.45, 7) is 3.51. The summed E-state index contributed by atoms with van der Waals surface area (Å²) in [5.74, 6) is 0.218. The van der Waals surface area contributed by atoms with E-state index in [4.69, 9.17) is 4.98 Å². The molecule has 0 saturated heterocycles. The van der Waals surface area contributed by atoms with Crippen molar-refractivity contribution in [3.8, 4) is 11.3 Å². The summed E-state index contributed by atoms with van der Waals surface area (Å²) in [7, 11) is 0. The van der Waals surface area contributed by atoms with Crippen LogP contribution in [-0.4, -0.2) is 16.6 Å². The Balaban J connectivity index is 1.96. The highest BCUT2D eigenvalue weighted by Gasteiger charge is 2.51. The summed E-state index contributed by atoms with van der Waals surface area (Å²) in [4.78, 5) is 30.1. The standard InChI is InChI=1S/C24H19NO2/c1-14(26)12-24-13-21(27)15(2)22(24)17-8-4-5-9-18(17)23-19(24)11-16-7-3-6-10-20(16)25-23/h3-11H,12-13H2,1-2H3. The number of nitrogens with zero attached hydrogens (tertiary/aromatic N) is 1. The quantitative estimate of drug-likeness (QED) is 0.660. The van der Waals surface area contributed by atoms with Crippen LogP contribution in [0.4, 0.5) is 0 Å². The van der Waals surface area contributed by atoms with Crippen LogP contribution in [0.25, 0.3) is 27.7 Å². The van der Waals surface area contributed by atoms with E-state index in [0.717, 1.165) is 44.4 Å². The lowest BCUT2D eigenvalue weighted by Crippen LogP contribution is -2.32. The second-order valence-electron chi connectivity index (χ2n) is 7.68. The molecular formula is C24H19NO2. The number of benzene rings is 2. The summed E-state index contributed by atoms with van der Waals surface area (Å²) in [5, 5.41) is 1.04. The molecule has 5 rings (SSSR count). The lowest BCUT2D eigenvalue weighted by atomic mass is 9.64. The maximum atomic E-state index is 12.8. The Morgan fingerprint density at radius 2 is 1.78 bits per heavy atom. The topological polar surface area (TPSA) is 47.0 Å². The van der Waals surface area contributed by atoms with Gasteiger partial charge in [-0.05, 0) is 48.3 Å². The SMILES string of the molecule is CC(=O)CC12CC(=O)C(C)=C1c1ccccc1-c1nc3ccccc3cc12. The number of aromatic nitrogens is 1. The van der Waals surface area contributed by atoms with Crippen molar-refractivity contribution in [1.29, 1.82) is 0 Å². The second-order valence-corrected chi connectivity index (χ2v) is 7.68. The average molecular weight is 353 g/mol. The molecule has 0 amide bonds. The van der Waals surface area contributed by atoms with E-state index in [2.05, 4.69) is 18.2 Å². The van der Waals surface area contributed by atoms with Gasteiger partial charge in [0.2, 0.25) is 0 Å². The molecule has 0 aliphatic heterocycles. The van der Waals surface area contributed by atoms with Gasteiger partial charge in [0.05, 0.1) is 11.2 Å². The minimum absolute atomic E-state index is 0.0912. The molecule has 2 aliphatic rings. The minimum atomic E-state index is -0.603. The van der Waals surface area contributed by atoms with Gasteiger partial charge in [-0.25, -0.2) is 4.98 Å². The molecule has 132 valence electrons. The molecule has 2 aliphatic carbocycles. The molecule has 3 heteroatoms. The number of carbonyl (C=O) groups is 2. The maximum Gasteiger partial charge on any atom is 0.160 e. The van der Waals surface area contributed by atoms with Gasteiger partial charge in [-0.2, -0.15) is 0 Å². The monoisotopic (exact) mass is 353 g/mol. The Hall–Kier alpha value is -3.07. The van der Waals surface area contributed by atoms with E-state index in [1.54, 1.807) is 6.92 Å². The van der Waals surface area contributed by atoms with Gasteiger partial charge in [-0.1, -0.05) is 42.5 Å². The number of fused-ring (bicyclic) bond motifs is 7. The van der Waals surface area contributed by atoms with E-state index in [9.17, 15) is 9.59 Å². The minimum Gasteiger partial charge on any atom is -0.300 e. The number of pyridine rings is 1. The highest BCUT2D eigenvalue weighted by atomic mass is 16.1. The molecule has 27 heavy (non-hydrogen) atoms. The zero-order chi connectivity index (χ0) is 18.8. The first-order valence-electron chi connectivity index (χ1n) is 9.25. The van der Waals surface area contributed by atoms with Crippen LogP contribution >= 0.6 is 0 Å². The van der Waals surface area contributed by atoms with Crippen LogP contribution in [-0.2, 0) is 15.0 Å². The van der Waals surface area contributed by atoms with Crippen LogP contribution in [0.3, 0.4) is 0 Å². The van der Waals surface area contributed by atoms with Crippen molar-refractivity contribution >= 4 is 28.0 Å². The fourth-order valence-corrected chi connectivity index (χ4v) is 4.95. The molecule has 1 atom stereocenters. The maximum absolute atomic E-state index is 12.8. The number of hydrogen-bond donors (Lipinski definition) is 0. The number of ketones is 2. The van der Waals surface area contributed by atoms with Gasteiger partial charge >= 0.3 is 0 Å². The Morgan fingerprint density at radius 1 is 1.07 bits per heavy atom. The van der Waals surface area contributed by atoms with Crippen LogP contribution in [0.2, 0.25) is 0 Å². The predicted octanol–water partition coefficient (Wildman–Crippen LogP) is 4.88. The van der Waals surface area contributed by atoms with Gasteiger partial charge in [-0.3, -0.25) is 9.59 Å². The van der Waals surface area contributed by atoms with Crippen LogP contribution in [0.5, 0.6) is 0 Å². The molecule has 1 aromatic heterocycles. The van der Waals surface area contributed by atoms with Crippen molar-refractivity contribution in [3.63, 3.8) is 0 Å². The lowest BCUT2D eigenvalue weighted by molar-refractivity contribution is -0.118. The van der Waals surface area contributed by atoms with E-state index >= 15 is 0 Å². The van der Waals surface area contributed by atoms with Gasteiger partial charge in [0.1, 0.15) is 5.78 Å². The molecule has 0 N–H and O–H groups in total. The summed E-state index contributed by atoms with van der Waals surface area (Å²) >= 11 is 0. The van der Waals surface area contributed by atoms with Crippen LogP contribution in [0.1, 0.15) is 37.8 Å². The van der Waals surface area contributed by atoms with Crippen molar-refractivity contribution in [3.05, 3.63) is 71.3 Å². The van der Waals surface area contributed by atoms with E-state index in [1.807, 2.05) is 43.3 Å². The third-order valence-electron chi connectivity index (χ3n) is 5.98. The summed E-state index contributed by atoms with van der Waals surface area (Å²) in [6.07, 6.45) is 0.669. The van der Waals surface area contributed by atoms with Crippen molar-refractivity contribution in [1.82, 2.24) is 4.98 Å². The first-order chi connectivity index (χ1) is 13.0. The first-order valence-corrected chi connectivity index (χ1v) is 9.25. The van der Waals surface area contributed by atoms with Gasteiger partial charge in [-0.15, -0.1) is 0 Å². The summed E-state index contributed by atoms with van der Waals surface area (Å²) in [6, 6.07) is 18.3. The molecule has 0 spiro atoms. The molecule has 3 aromatic rings. The van der Waals surface area contributed by atoms with Crippen molar-refractivity contribution < 1.29 is 9.59 Å². The number of Topliss-reactive ketones (excluding diaryl/α,β-unsaturated/α-hetero) is 2. The molecule has 1 unspecified atom stereocenters. The fourth-order valence-electron chi connectivity index (χ4n) is 4.95. The van der Waals surface area contributed by atoms with E-state index in [1.165, 1.54) is 0 Å². The number of rotatable bonds is 2. The van der Waals surface area contributed by atoms with Crippen molar-refractivity contribution in [2.24, 2.45) is 0 Å². The fraction of sp³-hybridized carbons (Fsp3) is 0.208. The van der Waals surface area contributed by atoms with Crippen molar-refractivity contribution in [2.75, 3.05) is 0 Å². The van der Waals surface area contributed by atoms with Crippen LogP contribution in [0.15, 0.2) is 60.2 Å². The first kappa shape index (κ1) is 16.1. The molecule has 1 heterocycles. The molecule has 2 aromatic carbocycles. The number of para-hydroxylation sites is 1. The third kappa shape index (κ3) is 2.11. The van der Waals surface area contributed by atoms with Gasteiger partial charge in [0.15, 0.2) is 5.78 Å². The largest absolute Gasteiger partial charge is 0.300 e. The highest BCUT2D eigenvalue weighted by Crippen LogP contribution is 2.58. The molecular weight excluding hydrogens is 334 g/mol. The van der Waals surface area contributed by atoms with Gasteiger partial charge < -0.3 is 0 Å².